The summed E-state index contributed by atoms with van der Waals surface area (Å²) in [6.45, 7) is 7.01. The molecule has 33 heavy (non-hydrogen) atoms. The quantitative estimate of drug-likeness (QED) is 0.248. The molecular formula is C25H34IN5O2. The monoisotopic (exact) mass is 563 g/mol. The van der Waals surface area contributed by atoms with Crippen LogP contribution in [0.25, 0.3) is 0 Å². The molecule has 0 aromatic heterocycles. The Labute approximate surface area is 213 Å². The number of carbonyl (C=O) groups excluding carboxylic acids is 2. The Morgan fingerprint density at radius 2 is 1.85 bits per heavy atom. The lowest BCUT2D eigenvalue weighted by Gasteiger charge is -2.18. The van der Waals surface area contributed by atoms with Gasteiger partial charge in [0.15, 0.2) is 5.96 Å². The molecular weight excluding hydrogens is 529 g/mol. The fourth-order valence-corrected chi connectivity index (χ4v) is 3.82. The third-order valence-electron chi connectivity index (χ3n) is 5.38. The molecule has 178 valence electrons. The molecule has 7 nitrogen and oxygen atoms in total. The molecule has 3 N–H and O–H groups in total. The number of hydrogen-bond acceptors (Lipinski definition) is 3. The Morgan fingerprint density at radius 3 is 2.58 bits per heavy atom. The van der Waals surface area contributed by atoms with Crippen LogP contribution in [0.15, 0.2) is 59.6 Å². The van der Waals surface area contributed by atoms with Gasteiger partial charge in [-0.15, -0.1) is 24.0 Å². The summed E-state index contributed by atoms with van der Waals surface area (Å²) in [7, 11) is 0. The largest absolute Gasteiger partial charge is 0.357 e. The number of benzene rings is 2. The van der Waals surface area contributed by atoms with E-state index in [1.807, 2.05) is 54.3 Å². The maximum absolute atomic E-state index is 12.4. The lowest BCUT2D eigenvalue weighted by atomic mass is 10.1. The number of carbonyl (C=O) groups is 2. The van der Waals surface area contributed by atoms with Crippen LogP contribution in [0.4, 0.5) is 5.69 Å². The van der Waals surface area contributed by atoms with Gasteiger partial charge in [0.1, 0.15) is 0 Å². The van der Waals surface area contributed by atoms with Gasteiger partial charge in [0.25, 0.3) is 0 Å². The van der Waals surface area contributed by atoms with Crippen molar-refractivity contribution in [3.63, 3.8) is 0 Å². The third-order valence-corrected chi connectivity index (χ3v) is 5.38. The summed E-state index contributed by atoms with van der Waals surface area (Å²) >= 11 is 0. The Balaban J connectivity index is 0.00000385. The lowest BCUT2D eigenvalue weighted by Crippen LogP contribution is -2.40. The van der Waals surface area contributed by atoms with E-state index in [1.54, 1.807) is 0 Å². The summed E-state index contributed by atoms with van der Waals surface area (Å²) in [5, 5.41) is 9.44. The normalized spacial score (nSPS) is 15.7. The Kier molecular flexibility index (Phi) is 11.2. The zero-order valence-corrected chi connectivity index (χ0v) is 21.7. The molecule has 1 heterocycles. The molecule has 0 bridgehead atoms. The van der Waals surface area contributed by atoms with Gasteiger partial charge in [0, 0.05) is 51.1 Å². The highest BCUT2D eigenvalue weighted by Crippen LogP contribution is 2.18. The minimum atomic E-state index is -0.0930. The Morgan fingerprint density at radius 1 is 1.09 bits per heavy atom. The molecule has 1 atom stereocenters. The number of nitrogens with one attached hydrogen (secondary N) is 3. The molecule has 1 unspecified atom stereocenters. The van der Waals surface area contributed by atoms with E-state index < -0.39 is 0 Å². The fourth-order valence-electron chi connectivity index (χ4n) is 3.82. The smallest absolute Gasteiger partial charge is 0.223 e. The summed E-state index contributed by atoms with van der Waals surface area (Å²) in [4.78, 5) is 30.3. The topological polar surface area (TPSA) is 85.8 Å². The molecule has 1 aliphatic heterocycles. The van der Waals surface area contributed by atoms with Crippen LogP contribution in [0, 0.1) is 5.92 Å². The zero-order valence-electron chi connectivity index (χ0n) is 19.3. The molecule has 0 radical (unpaired) electrons. The summed E-state index contributed by atoms with van der Waals surface area (Å²) < 4.78 is 0. The van der Waals surface area contributed by atoms with Crippen molar-refractivity contribution < 1.29 is 9.59 Å². The van der Waals surface area contributed by atoms with Crippen molar-refractivity contribution in [3.8, 4) is 0 Å². The number of halogens is 1. The van der Waals surface area contributed by atoms with E-state index in [0.29, 0.717) is 19.5 Å². The first kappa shape index (κ1) is 26.6. The maximum atomic E-state index is 12.4. The average Bonchev–Trinajstić information content (AvgIpc) is 3.14. The molecule has 2 aromatic carbocycles. The second-order valence-electron chi connectivity index (χ2n) is 8.10. The molecule has 1 aliphatic rings. The van der Waals surface area contributed by atoms with Gasteiger partial charge in [-0.05, 0) is 36.6 Å². The van der Waals surface area contributed by atoms with Gasteiger partial charge < -0.3 is 20.9 Å². The highest BCUT2D eigenvalue weighted by Gasteiger charge is 2.29. The highest BCUT2D eigenvalue weighted by molar-refractivity contribution is 14.0. The molecule has 1 saturated heterocycles. The first-order valence-electron chi connectivity index (χ1n) is 11.2. The number of amides is 2. The van der Waals surface area contributed by atoms with E-state index in [0.717, 1.165) is 43.3 Å². The van der Waals surface area contributed by atoms with E-state index in [9.17, 15) is 9.59 Å². The van der Waals surface area contributed by atoms with Crippen molar-refractivity contribution in [2.75, 3.05) is 31.5 Å². The maximum Gasteiger partial charge on any atom is 0.223 e. The molecule has 1 fully saturated rings. The Hall–Kier alpha value is -2.62. The van der Waals surface area contributed by atoms with Gasteiger partial charge >= 0.3 is 0 Å². The van der Waals surface area contributed by atoms with E-state index in [4.69, 9.17) is 0 Å². The fraction of sp³-hybridized carbons (Fsp3) is 0.400. The molecule has 0 saturated carbocycles. The van der Waals surface area contributed by atoms with Crippen LogP contribution in [0.5, 0.6) is 0 Å². The number of rotatable bonds is 9. The number of anilines is 1. The van der Waals surface area contributed by atoms with Crippen molar-refractivity contribution in [2.24, 2.45) is 10.9 Å². The van der Waals surface area contributed by atoms with Gasteiger partial charge in [0.05, 0.1) is 6.54 Å². The summed E-state index contributed by atoms with van der Waals surface area (Å²) in [5.41, 5.74) is 3.03. The van der Waals surface area contributed by atoms with Gasteiger partial charge in [-0.25, -0.2) is 4.99 Å². The second-order valence-corrected chi connectivity index (χ2v) is 8.10. The first-order chi connectivity index (χ1) is 15.5. The third kappa shape index (κ3) is 9.03. The summed E-state index contributed by atoms with van der Waals surface area (Å²) in [6, 6.07) is 18.0. The van der Waals surface area contributed by atoms with Crippen LogP contribution in [0.2, 0.25) is 0 Å². The van der Waals surface area contributed by atoms with Crippen molar-refractivity contribution in [1.82, 2.24) is 15.5 Å². The van der Waals surface area contributed by atoms with Crippen LogP contribution in [0.1, 0.15) is 31.4 Å². The minimum Gasteiger partial charge on any atom is -0.357 e. The SMILES string of the molecule is CCNC(=NCc1cccc(NC(C)=O)c1)NCC1CC(=O)N(CCc2ccccc2)C1.I. The van der Waals surface area contributed by atoms with Crippen molar-refractivity contribution in [3.05, 3.63) is 65.7 Å². The minimum absolute atomic E-state index is 0. The number of guanidine groups is 1. The molecule has 0 spiro atoms. The van der Waals surface area contributed by atoms with E-state index in [1.165, 1.54) is 12.5 Å². The van der Waals surface area contributed by atoms with E-state index in [2.05, 4.69) is 33.1 Å². The average molecular weight is 563 g/mol. The second kappa shape index (κ2) is 13.8. The molecule has 3 rings (SSSR count). The van der Waals surface area contributed by atoms with Gasteiger partial charge in [0.2, 0.25) is 11.8 Å². The van der Waals surface area contributed by atoms with E-state index >= 15 is 0 Å². The van der Waals surface area contributed by atoms with E-state index in [-0.39, 0.29) is 41.7 Å². The van der Waals surface area contributed by atoms with Gasteiger partial charge in [-0.1, -0.05) is 42.5 Å². The summed E-state index contributed by atoms with van der Waals surface area (Å²) in [6.07, 6.45) is 1.45. The van der Waals surface area contributed by atoms with Crippen molar-refractivity contribution >= 4 is 47.4 Å². The predicted octanol–water partition coefficient (Wildman–Crippen LogP) is 3.41. The number of aliphatic imine (C=N–C) groups is 1. The van der Waals surface area contributed by atoms with Crippen LogP contribution >= 0.6 is 24.0 Å². The standard InChI is InChI=1S/C25H33N5O2.HI/c1-3-26-25(27-16-21-10-7-11-23(14-21)29-19(2)31)28-17-22-15-24(32)30(18-22)13-12-20-8-5-4-6-9-20;/h4-11,14,22H,3,12-13,15-18H2,1-2H3,(H,29,31)(H2,26,27,28);1H. The van der Waals surface area contributed by atoms with Crippen LogP contribution < -0.4 is 16.0 Å². The zero-order chi connectivity index (χ0) is 22.8. The first-order valence-corrected chi connectivity index (χ1v) is 11.2. The van der Waals surface area contributed by atoms with Crippen LogP contribution in [0.3, 0.4) is 0 Å². The molecule has 0 aliphatic carbocycles. The lowest BCUT2D eigenvalue weighted by molar-refractivity contribution is -0.127. The summed E-state index contributed by atoms with van der Waals surface area (Å²) in [5.74, 6) is 1.13. The highest BCUT2D eigenvalue weighted by atomic mass is 127. The van der Waals surface area contributed by atoms with Gasteiger partial charge in [-0.3, -0.25) is 9.59 Å². The molecule has 8 heteroatoms. The molecule has 2 aromatic rings. The van der Waals surface area contributed by atoms with Crippen molar-refractivity contribution in [2.45, 2.75) is 33.2 Å². The predicted molar refractivity (Wildman–Crippen MR) is 144 cm³/mol. The van der Waals surface area contributed by atoms with Gasteiger partial charge in [-0.2, -0.15) is 0 Å². The number of nitrogens with zero attached hydrogens (tertiary/aromatic N) is 2. The number of likely N-dealkylation sites (tertiary alicyclic amines) is 1. The molecule has 2 amide bonds. The number of hydrogen-bond donors (Lipinski definition) is 3. The van der Waals surface area contributed by atoms with Crippen molar-refractivity contribution in [1.29, 1.82) is 0 Å². The van der Waals surface area contributed by atoms with Crippen LogP contribution in [-0.2, 0) is 22.6 Å². The van der Waals surface area contributed by atoms with Crippen LogP contribution in [-0.4, -0.2) is 48.9 Å². The Bertz CT molecular complexity index is 935.